The number of methoxy groups -OCH3 is 1. The molecule has 0 aliphatic rings. The van der Waals surface area contributed by atoms with Crippen LogP contribution >= 0.6 is 0 Å². The second kappa shape index (κ2) is 6.06. The monoisotopic (exact) mass is 272 g/mol. The summed E-state index contributed by atoms with van der Waals surface area (Å²) in [5.41, 5.74) is 8.15. The Labute approximate surface area is 117 Å². The highest BCUT2D eigenvalue weighted by atomic mass is 16.5. The van der Waals surface area contributed by atoms with Gasteiger partial charge in [0.15, 0.2) is 0 Å². The number of ether oxygens (including phenoxy) is 2. The second-order valence-corrected chi connectivity index (χ2v) is 4.30. The maximum absolute atomic E-state index is 11.9. The predicted octanol–water partition coefficient (Wildman–Crippen LogP) is 2.34. The fourth-order valence-electron chi connectivity index (χ4n) is 1.74. The number of carbonyl (C=O) groups excluding carboxylic acids is 1. The van der Waals surface area contributed by atoms with Gasteiger partial charge >= 0.3 is 5.97 Å². The highest BCUT2D eigenvalue weighted by molar-refractivity contribution is 5.90. The van der Waals surface area contributed by atoms with Crippen LogP contribution in [0.4, 0.5) is 5.69 Å². The molecule has 0 aliphatic carbocycles. The van der Waals surface area contributed by atoms with Crippen LogP contribution in [0, 0.1) is 6.92 Å². The Kier molecular flexibility index (Phi) is 4.20. The number of aryl methyl sites for hydroxylation is 1. The lowest BCUT2D eigenvalue weighted by molar-refractivity contribution is 0.0467. The van der Waals surface area contributed by atoms with Gasteiger partial charge < -0.3 is 15.2 Å². The third kappa shape index (κ3) is 3.26. The molecular weight excluding hydrogens is 256 g/mol. The summed E-state index contributed by atoms with van der Waals surface area (Å²) >= 11 is 0. The van der Waals surface area contributed by atoms with E-state index in [4.69, 9.17) is 15.2 Å². The van der Waals surface area contributed by atoms with Crippen molar-refractivity contribution in [1.29, 1.82) is 0 Å². The van der Waals surface area contributed by atoms with E-state index >= 15 is 0 Å². The predicted molar refractivity (Wildman–Crippen MR) is 75.5 cm³/mol. The van der Waals surface area contributed by atoms with E-state index in [1.807, 2.05) is 25.1 Å². The number of anilines is 1. The molecule has 0 radical (unpaired) electrons. The van der Waals surface area contributed by atoms with Crippen molar-refractivity contribution in [2.45, 2.75) is 13.5 Å². The summed E-state index contributed by atoms with van der Waals surface area (Å²) in [4.78, 5) is 16.2. The van der Waals surface area contributed by atoms with E-state index in [0.717, 1.165) is 5.69 Å². The Balaban J connectivity index is 2.05. The highest BCUT2D eigenvalue weighted by Gasteiger charge is 2.10. The maximum atomic E-state index is 11.9. The molecule has 0 unspecified atom stereocenters. The first-order valence-electron chi connectivity index (χ1n) is 6.13. The Bertz CT molecular complexity index is 626. The summed E-state index contributed by atoms with van der Waals surface area (Å²) in [5.74, 6) is 0.0136. The van der Waals surface area contributed by atoms with E-state index in [-0.39, 0.29) is 6.61 Å². The molecule has 0 bridgehead atoms. The van der Waals surface area contributed by atoms with Gasteiger partial charge in [0.05, 0.1) is 24.1 Å². The standard InChI is InChI=1S/C15H16N2O3/c1-10-4-3-5-12(17-10)9-20-15(18)11-6-7-13(16)14(8-11)19-2/h3-8H,9,16H2,1-2H3. The number of hydrogen-bond donors (Lipinski definition) is 1. The van der Waals surface area contributed by atoms with Gasteiger partial charge in [-0.15, -0.1) is 0 Å². The van der Waals surface area contributed by atoms with E-state index in [1.165, 1.54) is 7.11 Å². The second-order valence-electron chi connectivity index (χ2n) is 4.30. The van der Waals surface area contributed by atoms with Gasteiger partial charge in [0.2, 0.25) is 0 Å². The highest BCUT2D eigenvalue weighted by Crippen LogP contribution is 2.22. The molecular formula is C15H16N2O3. The molecule has 2 N–H and O–H groups in total. The molecule has 0 saturated carbocycles. The average Bonchev–Trinajstić information content (AvgIpc) is 2.45. The van der Waals surface area contributed by atoms with Crippen molar-refractivity contribution < 1.29 is 14.3 Å². The zero-order valence-corrected chi connectivity index (χ0v) is 11.4. The molecule has 0 atom stereocenters. The fourth-order valence-corrected chi connectivity index (χ4v) is 1.74. The van der Waals surface area contributed by atoms with Crippen LogP contribution in [0.5, 0.6) is 5.75 Å². The van der Waals surface area contributed by atoms with Gasteiger partial charge in [0, 0.05) is 5.69 Å². The van der Waals surface area contributed by atoms with Crippen molar-refractivity contribution in [2.75, 3.05) is 12.8 Å². The Morgan fingerprint density at radius 2 is 2.10 bits per heavy atom. The van der Waals surface area contributed by atoms with E-state index in [0.29, 0.717) is 22.7 Å². The van der Waals surface area contributed by atoms with Gasteiger partial charge in [-0.2, -0.15) is 0 Å². The number of pyridine rings is 1. The van der Waals surface area contributed by atoms with Gasteiger partial charge in [0.1, 0.15) is 12.4 Å². The maximum Gasteiger partial charge on any atom is 0.338 e. The van der Waals surface area contributed by atoms with Crippen LogP contribution in [0.15, 0.2) is 36.4 Å². The van der Waals surface area contributed by atoms with Gasteiger partial charge in [-0.25, -0.2) is 4.79 Å². The molecule has 5 heteroatoms. The number of benzene rings is 1. The van der Waals surface area contributed by atoms with Gasteiger partial charge in [-0.1, -0.05) is 6.07 Å². The molecule has 5 nitrogen and oxygen atoms in total. The third-order valence-electron chi connectivity index (χ3n) is 2.77. The van der Waals surface area contributed by atoms with Crippen molar-refractivity contribution >= 4 is 11.7 Å². The van der Waals surface area contributed by atoms with E-state index in [9.17, 15) is 4.79 Å². The molecule has 1 heterocycles. The van der Waals surface area contributed by atoms with E-state index < -0.39 is 5.97 Å². The first-order chi connectivity index (χ1) is 9.60. The number of esters is 1. The molecule has 2 rings (SSSR count). The smallest absolute Gasteiger partial charge is 0.338 e. The summed E-state index contributed by atoms with van der Waals surface area (Å²) in [6, 6.07) is 10.3. The normalized spacial score (nSPS) is 10.1. The van der Waals surface area contributed by atoms with Crippen LogP contribution in [0.25, 0.3) is 0 Å². The zero-order chi connectivity index (χ0) is 14.5. The lowest BCUT2D eigenvalue weighted by Gasteiger charge is -2.08. The first-order valence-corrected chi connectivity index (χ1v) is 6.13. The Morgan fingerprint density at radius 3 is 2.80 bits per heavy atom. The van der Waals surface area contributed by atoms with Crippen LogP contribution in [0.1, 0.15) is 21.7 Å². The van der Waals surface area contributed by atoms with Gasteiger partial charge in [-0.3, -0.25) is 4.98 Å². The van der Waals surface area contributed by atoms with Crippen molar-refractivity contribution in [2.24, 2.45) is 0 Å². The minimum atomic E-state index is -0.438. The summed E-state index contributed by atoms with van der Waals surface area (Å²) in [5, 5.41) is 0. The lowest BCUT2D eigenvalue weighted by atomic mass is 10.2. The SMILES string of the molecule is COc1cc(C(=O)OCc2cccc(C)n2)ccc1N. The topological polar surface area (TPSA) is 74.4 Å². The number of nitrogens with zero attached hydrogens (tertiary/aromatic N) is 1. The van der Waals surface area contributed by atoms with Crippen LogP contribution in [0.2, 0.25) is 0 Å². The molecule has 0 amide bonds. The summed E-state index contributed by atoms with van der Waals surface area (Å²) in [6.07, 6.45) is 0. The molecule has 0 saturated heterocycles. The third-order valence-corrected chi connectivity index (χ3v) is 2.77. The molecule has 0 aliphatic heterocycles. The fraction of sp³-hybridized carbons (Fsp3) is 0.200. The lowest BCUT2D eigenvalue weighted by Crippen LogP contribution is -2.07. The molecule has 1 aromatic heterocycles. The minimum absolute atomic E-state index is 0.132. The molecule has 1 aromatic carbocycles. The van der Waals surface area contributed by atoms with Crippen LogP contribution < -0.4 is 10.5 Å². The summed E-state index contributed by atoms with van der Waals surface area (Å²) < 4.78 is 10.3. The molecule has 0 fully saturated rings. The summed E-state index contributed by atoms with van der Waals surface area (Å²) in [7, 11) is 1.50. The number of rotatable bonds is 4. The summed E-state index contributed by atoms with van der Waals surface area (Å²) in [6.45, 7) is 2.02. The van der Waals surface area contributed by atoms with Crippen LogP contribution in [-0.2, 0) is 11.3 Å². The number of aromatic nitrogens is 1. The van der Waals surface area contributed by atoms with Crippen LogP contribution in [-0.4, -0.2) is 18.1 Å². The largest absolute Gasteiger partial charge is 0.495 e. The van der Waals surface area contributed by atoms with Gasteiger partial charge in [-0.05, 0) is 37.3 Å². The van der Waals surface area contributed by atoms with E-state index in [1.54, 1.807) is 18.2 Å². The molecule has 104 valence electrons. The van der Waals surface area contributed by atoms with E-state index in [2.05, 4.69) is 4.98 Å². The minimum Gasteiger partial charge on any atom is -0.495 e. The van der Waals surface area contributed by atoms with Crippen molar-refractivity contribution in [3.05, 3.63) is 53.3 Å². The Hall–Kier alpha value is -2.56. The molecule has 0 spiro atoms. The quantitative estimate of drug-likeness (QED) is 0.683. The van der Waals surface area contributed by atoms with Crippen molar-refractivity contribution in [1.82, 2.24) is 4.98 Å². The average molecular weight is 272 g/mol. The Morgan fingerprint density at radius 1 is 1.30 bits per heavy atom. The van der Waals surface area contributed by atoms with Crippen LogP contribution in [0.3, 0.4) is 0 Å². The number of nitrogen functional groups attached to an aromatic ring is 1. The number of carbonyl (C=O) groups is 1. The van der Waals surface area contributed by atoms with Crippen molar-refractivity contribution in [3.63, 3.8) is 0 Å². The van der Waals surface area contributed by atoms with Gasteiger partial charge in [0.25, 0.3) is 0 Å². The molecule has 20 heavy (non-hydrogen) atoms. The van der Waals surface area contributed by atoms with Crippen molar-refractivity contribution in [3.8, 4) is 5.75 Å². The first kappa shape index (κ1) is 13.9. The molecule has 2 aromatic rings. The zero-order valence-electron chi connectivity index (χ0n) is 11.4. The number of nitrogens with two attached hydrogens (primary N) is 1. The number of hydrogen-bond acceptors (Lipinski definition) is 5.